The van der Waals surface area contributed by atoms with E-state index in [0.717, 1.165) is 29.9 Å². The Kier molecular flexibility index (Phi) is 7.85. The third-order valence-electron chi connectivity index (χ3n) is 4.96. The molecule has 1 saturated heterocycles. The van der Waals surface area contributed by atoms with Crippen molar-refractivity contribution in [1.82, 2.24) is 4.90 Å². The number of anilines is 1. The predicted octanol–water partition coefficient (Wildman–Crippen LogP) is 4.92. The number of rotatable bonds is 5. The second-order valence-corrected chi connectivity index (χ2v) is 7.69. The van der Waals surface area contributed by atoms with Gasteiger partial charge in [-0.2, -0.15) is 0 Å². The quantitative estimate of drug-likeness (QED) is 0.418. The van der Waals surface area contributed by atoms with Crippen LogP contribution in [0.1, 0.15) is 40.7 Å². The molecule has 1 aliphatic heterocycles. The van der Waals surface area contributed by atoms with Gasteiger partial charge in [-0.1, -0.05) is 23.7 Å². The van der Waals surface area contributed by atoms with Gasteiger partial charge in [-0.05, 0) is 67.6 Å². The summed E-state index contributed by atoms with van der Waals surface area (Å²) in [6.45, 7) is 4.47. The van der Waals surface area contributed by atoms with Crippen LogP contribution in [0.2, 0.25) is 5.02 Å². The smallest absolute Gasteiger partial charge is 0.337 e. The third-order valence-corrected chi connectivity index (χ3v) is 5.19. The first-order chi connectivity index (χ1) is 14.5. The molecule has 1 N–H and O–H groups in total. The van der Waals surface area contributed by atoms with Crippen molar-refractivity contribution in [2.24, 2.45) is 9.98 Å². The van der Waals surface area contributed by atoms with Crippen LogP contribution in [0.15, 0.2) is 52.4 Å². The second-order valence-electron chi connectivity index (χ2n) is 7.25. The van der Waals surface area contributed by atoms with Crippen molar-refractivity contribution < 1.29 is 9.53 Å². The molecule has 1 aliphatic rings. The van der Waals surface area contributed by atoms with Crippen LogP contribution in [0.5, 0.6) is 0 Å². The van der Waals surface area contributed by atoms with Gasteiger partial charge in [0, 0.05) is 23.8 Å². The van der Waals surface area contributed by atoms with E-state index in [1.54, 1.807) is 12.1 Å². The molecule has 0 unspecified atom stereocenters. The van der Waals surface area contributed by atoms with Gasteiger partial charge >= 0.3 is 5.97 Å². The van der Waals surface area contributed by atoms with Crippen LogP contribution in [0.4, 0.5) is 5.69 Å². The Morgan fingerprint density at radius 3 is 2.57 bits per heavy atom. The first-order valence-corrected chi connectivity index (χ1v) is 10.5. The van der Waals surface area contributed by atoms with Gasteiger partial charge in [0.05, 0.1) is 25.6 Å². The standard InChI is InChI=1S/C23H27ClN4O2/c1-17-14-20(24)10-11-21(17)27-23(26-16-28-12-4-3-5-13-28)25-15-18-6-8-19(9-7-18)22(29)30-2/h6-11,14,16H,3-5,12-13,15H2,1-2H3,(H,25,27)/b26-16+. The number of esters is 1. The molecule has 0 amide bonds. The maximum absolute atomic E-state index is 11.6. The summed E-state index contributed by atoms with van der Waals surface area (Å²) in [6.07, 6.45) is 5.52. The van der Waals surface area contributed by atoms with E-state index >= 15 is 0 Å². The lowest BCUT2D eigenvalue weighted by Gasteiger charge is -2.23. The number of benzene rings is 2. The monoisotopic (exact) mass is 426 g/mol. The molecular formula is C23H27ClN4O2. The number of hydrogen-bond acceptors (Lipinski definition) is 3. The summed E-state index contributed by atoms with van der Waals surface area (Å²) < 4.78 is 4.74. The number of methoxy groups -OCH3 is 1. The van der Waals surface area contributed by atoms with E-state index in [1.165, 1.54) is 26.4 Å². The number of carbonyl (C=O) groups excluding carboxylic acids is 1. The third kappa shape index (κ3) is 6.32. The minimum Gasteiger partial charge on any atom is -0.465 e. The van der Waals surface area contributed by atoms with Crippen LogP contribution in [-0.4, -0.2) is 43.4 Å². The minimum atomic E-state index is -0.350. The van der Waals surface area contributed by atoms with Gasteiger partial charge in [0.25, 0.3) is 0 Å². The molecule has 0 spiro atoms. The van der Waals surface area contributed by atoms with Crippen LogP contribution >= 0.6 is 11.6 Å². The Morgan fingerprint density at radius 2 is 1.90 bits per heavy atom. The summed E-state index contributed by atoms with van der Waals surface area (Å²) in [4.78, 5) is 23.1. The maximum atomic E-state index is 11.6. The van der Waals surface area contributed by atoms with Gasteiger partial charge in [-0.3, -0.25) is 0 Å². The summed E-state index contributed by atoms with van der Waals surface area (Å²) in [5.41, 5.74) is 3.42. The molecule has 6 nitrogen and oxygen atoms in total. The number of carbonyl (C=O) groups is 1. The molecule has 0 aliphatic carbocycles. The highest BCUT2D eigenvalue weighted by Gasteiger charge is 2.08. The number of ether oxygens (including phenoxy) is 1. The average molecular weight is 427 g/mol. The number of piperidine rings is 1. The highest BCUT2D eigenvalue weighted by atomic mass is 35.5. The van der Waals surface area contributed by atoms with Crippen LogP contribution in [-0.2, 0) is 11.3 Å². The molecule has 0 radical (unpaired) electrons. The Hall–Kier alpha value is -2.86. The largest absolute Gasteiger partial charge is 0.465 e. The summed E-state index contributed by atoms with van der Waals surface area (Å²) >= 11 is 6.08. The molecule has 158 valence electrons. The van der Waals surface area contributed by atoms with Crippen molar-refractivity contribution >= 4 is 35.6 Å². The summed E-state index contributed by atoms with van der Waals surface area (Å²) in [5, 5.41) is 4.01. The highest BCUT2D eigenvalue weighted by Crippen LogP contribution is 2.20. The number of likely N-dealkylation sites (tertiary alicyclic amines) is 1. The molecule has 1 heterocycles. The number of guanidine groups is 1. The number of halogens is 1. The van der Waals surface area contributed by atoms with E-state index in [0.29, 0.717) is 23.1 Å². The van der Waals surface area contributed by atoms with Crippen LogP contribution in [0, 0.1) is 6.92 Å². The average Bonchev–Trinajstić information content (AvgIpc) is 2.77. The number of aliphatic imine (C=N–C) groups is 2. The maximum Gasteiger partial charge on any atom is 0.337 e. The molecule has 0 saturated carbocycles. The molecule has 3 rings (SSSR count). The number of aryl methyl sites for hydroxylation is 1. The van der Waals surface area contributed by atoms with E-state index in [1.807, 2.05) is 43.6 Å². The lowest BCUT2D eigenvalue weighted by molar-refractivity contribution is 0.0600. The molecule has 0 bridgehead atoms. The van der Waals surface area contributed by atoms with Crippen molar-refractivity contribution in [1.29, 1.82) is 0 Å². The second kappa shape index (κ2) is 10.8. The number of nitrogens with zero attached hydrogens (tertiary/aromatic N) is 3. The number of nitrogens with one attached hydrogen (secondary N) is 1. The summed E-state index contributed by atoms with van der Waals surface area (Å²) in [7, 11) is 1.37. The van der Waals surface area contributed by atoms with Crippen LogP contribution < -0.4 is 5.32 Å². The summed E-state index contributed by atoms with van der Waals surface area (Å²) in [6, 6.07) is 12.9. The zero-order chi connectivity index (χ0) is 21.3. The van der Waals surface area contributed by atoms with Crippen LogP contribution in [0.3, 0.4) is 0 Å². The fourth-order valence-corrected chi connectivity index (χ4v) is 3.43. The molecule has 0 atom stereocenters. The lowest BCUT2D eigenvalue weighted by atomic mass is 10.1. The Morgan fingerprint density at radius 1 is 1.17 bits per heavy atom. The molecule has 1 fully saturated rings. The number of hydrogen-bond donors (Lipinski definition) is 1. The Labute approximate surface area is 182 Å². The SMILES string of the molecule is COC(=O)c1ccc(CN=C(/N=C/N2CCCCC2)Nc2ccc(Cl)cc2C)cc1. The molecule has 2 aromatic rings. The summed E-state index contributed by atoms with van der Waals surface area (Å²) in [5.74, 6) is 0.180. The van der Waals surface area contributed by atoms with E-state index in [9.17, 15) is 4.79 Å². The fourth-order valence-electron chi connectivity index (χ4n) is 3.20. The molecule has 30 heavy (non-hydrogen) atoms. The normalized spacial score (nSPS) is 14.8. The zero-order valence-electron chi connectivity index (χ0n) is 17.4. The van der Waals surface area contributed by atoms with Crippen molar-refractivity contribution in [3.63, 3.8) is 0 Å². The predicted molar refractivity (Wildman–Crippen MR) is 123 cm³/mol. The minimum absolute atomic E-state index is 0.350. The Bertz CT molecular complexity index is 919. The molecule has 2 aromatic carbocycles. The van der Waals surface area contributed by atoms with E-state index in [2.05, 4.69) is 20.2 Å². The highest BCUT2D eigenvalue weighted by molar-refractivity contribution is 6.30. The molecule has 0 aromatic heterocycles. The first-order valence-electron chi connectivity index (χ1n) is 10.1. The van der Waals surface area contributed by atoms with Gasteiger partial charge in [-0.15, -0.1) is 0 Å². The first kappa shape index (κ1) is 21.8. The van der Waals surface area contributed by atoms with Gasteiger partial charge < -0.3 is 15.0 Å². The van der Waals surface area contributed by atoms with E-state index < -0.39 is 0 Å². The molecular weight excluding hydrogens is 400 g/mol. The van der Waals surface area contributed by atoms with Crippen molar-refractivity contribution in [2.45, 2.75) is 32.7 Å². The van der Waals surface area contributed by atoms with Gasteiger partial charge in [0.1, 0.15) is 0 Å². The van der Waals surface area contributed by atoms with Crippen molar-refractivity contribution in [3.8, 4) is 0 Å². The van der Waals surface area contributed by atoms with Gasteiger partial charge in [0.2, 0.25) is 5.96 Å². The van der Waals surface area contributed by atoms with Crippen LogP contribution in [0.25, 0.3) is 0 Å². The molecule has 7 heteroatoms. The fraction of sp³-hybridized carbons (Fsp3) is 0.348. The van der Waals surface area contributed by atoms with Gasteiger partial charge in [-0.25, -0.2) is 14.8 Å². The Balaban J connectivity index is 1.76. The van der Waals surface area contributed by atoms with Crippen molar-refractivity contribution in [3.05, 3.63) is 64.2 Å². The van der Waals surface area contributed by atoms with E-state index in [-0.39, 0.29) is 5.97 Å². The van der Waals surface area contributed by atoms with Crippen molar-refractivity contribution in [2.75, 3.05) is 25.5 Å². The zero-order valence-corrected chi connectivity index (χ0v) is 18.2. The topological polar surface area (TPSA) is 66.3 Å². The van der Waals surface area contributed by atoms with Gasteiger partial charge in [0.15, 0.2) is 0 Å². The lowest BCUT2D eigenvalue weighted by Crippen LogP contribution is -2.29. The van der Waals surface area contributed by atoms with E-state index in [4.69, 9.17) is 16.3 Å².